The van der Waals surface area contributed by atoms with Gasteiger partial charge < -0.3 is 11.1 Å². The predicted molar refractivity (Wildman–Crippen MR) is 108 cm³/mol. The SMILES string of the molecule is Cc1ccc(C)c(-n2c(N)c(C(=O)Nc3ccccc3Cl)sc2=S)c1. The largest absolute Gasteiger partial charge is 0.383 e. The smallest absolute Gasteiger partial charge is 0.269 e. The van der Waals surface area contributed by atoms with Crippen molar-refractivity contribution >= 4 is 52.6 Å². The Kier molecular flexibility index (Phi) is 4.94. The normalized spacial score (nSPS) is 10.7. The number of anilines is 2. The number of halogens is 1. The van der Waals surface area contributed by atoms with E-state index in [1.165, 1.54) is 11.3 Å². The fourth-order valence-electron chi connectivity index (χ4n) is 2.48. The molecule has 1 heterocycles. The van der Waals surface area contributed by atoms with Crippen molar-refractivity contribution in [2.75, 3.05) is 11.1 Å². The van der Waals surface area contributed by atoms with Gasteiger partial charge in [0.05, 0.1) is 16.4 Å². The maximum Gasteiger partial charge on any atom is 0.269 e. The number of nitrogens with zero attached hydrogens (tertiary/aromatic N) is 1. The first-order valence-electron chi connectivity index (χ1n) is 7.53. The van der Waals surface area contributed by atoms with Crippen LogP contribution in [0.3, 0.4) is 0 Å². The highest BCUT2D eigenvalue weighted by atomic mass is 35.5. The monoisotopic (exact) mass is 389 g/mol. The van der Waals surface area contributed by atoms with Gasteiger partial charge in [-0.05, 0) is 55.4 Å². The third kappa shape index (κ3) is 3.46. The van der Waals surface area contributed by atoms with E-state index in [1.807, 2.05) is 32.0 Å². The number of aryl methyl sites for hydroxylation is 2. The molecule has 3 aromatic rings. The molecule has 0 aliphatic carbocycles. The van der Waals surface area contributed by atoms with Crippen LogP contribution >= 0.6 is 35.2 Å². The fourth-order valence-corrected chi connectivity index (χ4v) is 3.91. The van der Waals surface area contributed by atoms with Crippen molar-refractivity contribution in [2.24, 2.45) is 0 Å². The second-order valence-electron chi connectivity index (χ2n) is 5.64. The second kappa shape index (κ2) is 7.00. The number of nitrogens with two attached hydrogens (primary N) is 1. The van der Waals surface area contributed by atoms with Crippen LogP contribution in [0.1, 0.15) is 20.8 Å². The number of hydrogen-bond donors (Lipinski definition) is 2. The lowest BCUT2D eigenvalue weighted by Crippen LogP contribution is -2.14. The molecule has 2 aromatic carbocycles. The summed E-state index contributed by atoms with van der Waals surface area (Å²) in [7, 11) is 0. The van der Waals surface area contributed by atoms with Crippen molar-refractivity contribution in [1.29, 1.82) is 0 Å². The summed E-state index contributed by atoms with van der Waals surface area (Å²) in [6.07, 6.45) is 0. The van der Waals surface area contributed by atoms with Gasteiger partial charge in [0.2, 0.25) is 0 Å². The van der Waals surface area contributed by atoms with Gasteiger partial charge in [0.25, 0.3) is 5.91 Å². The summed E-state index contributed by atoms with van der Waals surface area (Å²) in [6.45, 7) is 3.98. The Morgan fingerprint density at radius 1 is 1.24 bits per heavy atom. The number of amides is 1. The van der Waals surface area contributed by atoms with Crippen LogP contribution in [0.2, 0.25) is 5.02 Å². The van der Waals surface area contributed by atoms with E-state index in [4.69, 9.17) is 29.6 Å². The zero-order valence-electron chi connectivity index (χ0n) is 13.7. The molecular formula is C18H16ClN3OS2. The number of hydrogen-bond acceptors (Lipinski definition) is 4. The quantitative estimate of drug-likeness (QED) is 0.591. The predicted octanol–water partition coefficient (Wildman–Crippen LogP) is 5.37. The molecular weight excluding hydrogens is 374 g/mol. The van der Waals surface area contributed by atoms with E-state index in [2.05, 4.69) is 5.32 Å². The van der Waals surface area contributed by atoms with Crippen LogP contribution in [0.5, 0.6) is 0 Å². The van der Waals surface area contributed by atoms with Crippen LogP contribution in [-0.4, -0.2) is 10.5 Å². The number of rotatable bonds is 3. The maximum atomic E-state index is 12.6. The van der Waals surface area contributed by atoms with E-state index in [9.17, 15) is 4.79 Å². The standard InChI is InChI=1S/C18H16ClN3OS2/c1-10-7-8-11(2)14(9-10)22-16(20)15(25-18(22)24)17(23)21-13-6-4-3-5-12(13)19/h3-9H,20H2,1-2H3,(H,21,23). The van der Waals surface area contributed by atoms with E-state index in [-0.39, 0.29) is 5.91 Å². The van der Waals surface area contributed by atoms with Gasteiger partial charge in [-0.3, -0.25) is 9.36 Å². The molecule has 0 fully saturated rings. The first-order valence-corrected chi connectivity index (χ1v) is 9.13. The van der Waals surface area contributed by atoms with Crippen molar-refractivity contribution in [2.45, 2.75) is 13.8 Å². The summed E-state index contributed by atoms with van der Waals surface area (Å²) in [5, 5.41) is 3.25. The maximum absolute atomic E-state index is 12.6. The second-order valence-corrected chi connectivity index (χ2v) is 7.69. The van der Waals surface area contributed by atoms with E-state index < -0.39 is 0 Å². The molecule has 3 N–H and O–H groups in total. The molecule has 1 aromatic heterocycles. The first-order chi connectivity index (χ1) is 11.9. The van der Waals surface area contributed by atoms with Crippen molar-refractivity contribution in [3.8, 4) is 5.69 Å². The number of carbonyl (C=O) groups is 1. The van der Waals surface area contributed by atoms with Crippen molar-refractivity contribution in [3.05, 3.63) is 67.4 Å². The number of carbonyl (C=O) groups excluding carboxylic acids is 1. The number of thiazole rings is 1. The minimum absolute atomic E-state index is 0.327. The third-order valence-corrected chi connectivity index (χ3v) is 5.50. The minimum atomic E-state index is -0.328. The molecule has 1 amide bonds. The minimum Gasteiger partial charge on any atom is -0.383 e. The van der Waals surface area contributed by atoms with Gasteiger partial charge in [-0.2, -0.15) is 0 Å². The highest BCUT2D eigenvalue weighted by Gasteiger charge is 2.19. The Morgan fingerprint density at radius 3 is 2.68 bits per heavy atom. The van der Waals surface area contributed by atoms with Crippen LogP contribution in [0, 0.1) is 17.8 Å². The lowest BCUT2D eigenvalue weighted by Gasteiger charge is -2.11. The summed E-state index contributed by atoms with van der Waals surface area (Å²) in [5.41, 5.74) is 9.80. The zero-order chi connectivity index (χ0) is 18.1. The lowest BCUT2D eigenvalue weighted by atomic mass is 10.1. The summed E-state index contributed by atoms with van der Waals surface area (Å²) in [4.78, 5) is 13.0. The van der Waals surface area contributed by atoms with Gasteiger partial charge >= 0.3 is 0 Å². The van der Waals surface area contributed by atoms with Crippen LogP contribution in [0.4, 0.5) is 11.5 Å². The van der Waals surface area contributed by atoms with E-state index in [0.29, 0.717) is 25.4 Å². The van der Waals surface area contributed by atoms with Crippen molar-refractivity contribution in [3.63, 3.8) is 0 Å². The van der Waals surface area contributed by atoms with Gasteiger partial charge in [0.1, 0.15) is 10.7 Å². The number of benzene rings is 2. The van der Waals surface area contributed by atoms with E-state index in [0.717, 1.165) is 16.8 Å². The van der Waals surface area contributed by atoms with Crippen LogP contribution in [0.15, 0.2) is 42.5 Å². The number of nitrogen functional groups attached to an aromatic ring is 1. The molecule has 0 unspecified atom stereocenters. The molecule has 4 nitrogen and oxygen atoms in total. The van der Waals surface area contributed by atoms with Crippen molar-refractivity contribution < 1.29 is 4.79 Å². The van der Waals surface area contributed by atoms with Crippen molar-refractivity contribution in [1.82, 2.24) is 4.57 Å². The summed E-state index contributed by atoms with van der Waals surface area (Å²) >= 11 is 12.7. The average Bonchev–Trinajstić information content (AvgIpc) is 2.87. The van der Waals surface area contributed by atoms with Gasteiger partial charge in [-0.1, -0.05) is 47.2 Å². The lowest BCUT2D eigenvalue weighted by molar-refractivity contribution is 0.103. The Morgan fingerprint density at radius 2 is 1.96 bits per heavy atom. The van der Waals surface area contributed by atoms with Gasteiger partial charge in [-0.25, -0.2) is 0 Å². The van der Waals surface area contributed by atoms with Gasteiger partial charge in [-0.15, -0.1) is 0 Å². The summed E-state index contributed by atoms with van der Waals surface area (Å²) in [5.74, 6) is -0.000917. The first kappa shape index (κ1) is 17.7. The highest BCUT2D eigenvalue weighted by Crippen LogP contribution is 2.30. The van der Waals surface area contributed by atoms with E-state index >= 15 is 0 Å². The van der Waals surface area contributed by atoms with Crippen LogP contribution < -0.4 is 11.1 Å². The molecule has 0 saturated heterocycles. The van der Waals surface area contributed by atoms with E-state index in [1.54, 1.807) is 28.8 Å². The summed E-state index contributed by atoms with van der Waals surface area (Å²) in [6, 6.07) is 13.1. The Labute approximate surface area is 159 Å². The Balaban J connectivity index is 2.03. The molecule has 25 heavy (non-hydrogen) atoms. The molecule has 0 radical (unpaired) electrons. The molecule has 3 rings (SSSR count). The topological polar surface area (TPSA) is 60.0 Å². The molecule has 7 heteroatoms. The zero-order valence-corrected chi connectivity index (χ0v) is 16.1. The van der Waals surface area contributed by atoms with Crippen LogP contribution in [0.25, 0.3) is 5.69 Å². The Bertz CT molecular complexity index is 1020. The molecule has 0 bridgehead atoms. The molecule has 0 aliphatic rings. The third-order valence-electron chi connectivity index (χ3n) is 3.78. The number of para-hydroxylation sites is 1. The fraction of sp³-hybridized carbons (Fsp3) is 0.111. The van der Waals surface area contributed by atoms with Gasteiger partial charge in [0, 0.05) is 0 Å². The average molecular weight is 390 g/mol. The number of aromatic nitrogens is 1. The van der Waals surface area contributed by atoms with Crippen LogP contribution in [-0.2, 0) is 0 Å². The highest BCUT2D eigenvalue weighted by molar-refractivity contribution is 7.73. The Hall–Kier alpha value is -2.15. The number of nitrogens with one attached hydrogen (secondary N) is 1. The molecule has 0 aliphatic heterocycles. The van der Waals surface area contributed by atoms with Gasteiger partial charge in [0.15, 0.2) is 3.95 Å². The molecule has 128 valence electrons. The molecule has 0 saturated carbocycles. The summed E-state index contributed by atoms with van der Waals surface area (Å²) < 4.78 is 2.26. The molecule has 0 spiro atoms. The molecule has 0 atom stereocenters.